The average Bonchev–Trinajstić information content (AvgIpc) is 1.96. The van der Waals surface area contributed by atoms with Crippen LogP contribution in [-0.4, -0.2) is 35.9 Å². The van der Waals surface area contributed by atoms with E-state index in [1.807, 2.05) is 6.92 Å². The SMILES string of the molecule is CCC1(N[C@@H](C)C(=O)O)COC1. The lowest BCUT2D eigenvalue weighted by molar-refractivity contribution is -0.142. The number of rotatable bonds is 4. The second kappa shape index (κ2) is 3.41. The van der Waals surface area contributed by atoms with Crippen molar-refractivity contribution in [1.29, 1.82) is 0 Å². The third kappa shape index (κ3) is 1.76. The number of nitrogens with one attached hydrogen (secondary N) is 1. The molecular formula is C8H15NO3. The highest BCUT2D eigenvalue weighted by atomic mass is 16.5. The molecule has 0 saturated carbocycles. The standard InChI is InChI=1S/C8H15NO3/c1-3-8(4-12-5-8)9-6(2)7(10)11/h6,9H,3-5H2,1-2H3,(H,10,11)/t6-/m0/s1. The van der Waals surface area contributed by atoms with Gasteiger partial charge in [-0.1, -0.05) is 6.92 Å². The third-order valence-electron chi connectivity index (χ3n) is 2.33. The van der Waals surface area contributed by atoms with E-state index in [9.17, 15) is 4.79 Å². The van der Waals surface area contributed by atoms with Crippen molar-refractivity contribution in [2.45, 2.75) is 31.8 Å². The Morgan fingerprint density at radius 1 is 1.75 bits per heavy atom. The molecule has 1 aliphatic heterocycles. The number of hydrogen-bond acceptors (Lipinski definition) is 3. The summed E-state index contributed by atoms with van der Waals surface area (Å²) in [6.07, 6.45) is 0.907. The van der Waals surface area contributed by atoms with Gasteiger partial charge >= 0.3 is 5.97 Å². The van der Waals surface area contributed by atoms with Gasteiger partial charge in [-0.15, -0.1) is 0 Å². The largest absolute Gasteiger partial charge is 0.480 e. The summed E-state index contributed by atoms with van der Waals surface area (Å²) in [6, 6.07) is -0.492. The molecule has 2 N–H and O–H groups in total. The van der Waals surface area contributed by atoms with Crippen molar-refractivity contribution >= 4 is 5.97 Å². The van der Waals surface area contributed by atoms with Crippen molar-refractivity contribution in [2.75, 3.05) is 13.2 Å². The Bertz CT molecular complexity index is 172. The van der Waals surface area contributed by atoms with Crippen molar-refractivity contribution in [3.63, 3.8) is 0 Å². The number of carboxylic acids is 1. The number of hydrogen-bond donors (Lipinski definition) is 2. The molecule has 1 fully saturated rings. The smallest absolute Gasteiger partial charge is 0.320 e. The summed E-state index contributed by atoms with van der Waals surface area (Å²) in [5, 5.41) is 11.7. The monoisotopic (exact) mass is 173 g/mol. The van der Waals surface area contributed by atoms with Gasteiger partial charge < -0.3 is 9.84 Å². The normalized spacial score (nSPS) is 22.8. The summed E-state index contributed by atoms with van der Waals surface area (Å²) >= 11 is 0. The zero-order valence-corrected chi connectivity index (χ0v) is 7.46. The van der Waals surface area contributed by atoms with E-state index in [4.69, 9.17) is 9.84 Å². The van der Waals surface area contributed by atoms with Crippen LogP contribution in [0.15, 0.2) is 0 Å². The van der Waals surface area contributed by atoms with Crippen molar-refractivity contribution in [3.05, 3.63) is 0 Å². The van der Waals surface area contributed by atoms with Gasteiger partial charge in [0.15, 0.2) is 0 Å². The van der Waals surface area contributed by atoms with Crippen LogP contribution < -0.4 is 5.32 Å². The summed E-state index contributed by atoms with van der Waals surface area (Å²) in [5.41, 5.74) is -0.0855. The van der Waals surface area contributed by atoms with Crippen LogP contribution in [0.2, 0.25) is 0 Å². The molecule has 4 heteroatoms. The number of carbonyl (C=O) groups is 1. The third-order valence-corrected chi connectivity index (χ3v) is 2.33. The van der Waals surface area contributed by atoms with E-state index in [0.29, 0.717) is 13.2 Å². The highest BCUT2D eigenvalue weighted by Gasteiger charge is 2.38. The molecule has 0 aromatic rings. The van der Waals surface area contributed by atoms with Gasteiger partial charge in [-0.3, -0.25) is 10.1 Å². The minimum Gasteiger partial charge on any atom is -0.480 e. The molecule has 0 spiro atoms. The molecule has 4 nitrogen and oxygen atoms in total. The van der Waals surface area contributed by atoms with Gasteiger partial charge in [0.2, 0.25) is 0 Å². The van der Waals surface area contributed by atoms with Crippen LogP contribution in [0.5, 0.6) is 0 Å². The van der Waals surface area contributed by atoms with E-state index in [-0.39, 0.29) is 5.54 Å². The van der Waals surface area contributed by atoms with Gasteiger partial charge in [0.25, 0.3) is 0 Å². The summed E-state index contributed by atoms with van der Waals surface area (Å²) in [7, 11) is 0. The summed E-state index contributed by atoms with van der Waals surface area (Å²) < 4.78 is 5.05. The number of carboxylic acid groups (broad SMARTS) is 1. The second-order valence-corrected chi connectivity index (χ2v) is 3.33. The Morgan fingerprint density at radius 3 is 2.58 bits per heavy atom. The van der Waals surface area contributed by atoms with Gasteiger partial charge in [0.05, 0.1) is 18.8 Å². The van der Waals surface area contributed by atoms with Crippen LogP contribution in [0.25, 0.3) is 0 Å². The Hall–Kier alpha value is -0.610. The molecule has 0 radical (unpaired) electrons. The topological polar surface area (TPSA) is 58.6 Å². The first-order valence-electron chi connectivity index (χ1n) is 4.18. The molecule has 0 bridgehead atoms. The summed E-state index contributed by atoms with van der Waals surface area (Å²) in [5.74, 6) is -0.810. The Balaban J connectivity index is 2.42. The van der Waals surface area contributed by atoms with E-state index in [2.05, 4.69) is 5.32 Å². The van der Waals surface area contributed by atoms with Gasteiger partial charge in [-0.05, 0) is 13.3 Å². The predicted molar refractivity (Wildman–Crippen MR) is 44.1 cm³/mol. The molecule has 1 heterocycles. The molecule has 1 saturated heterocycles. The van der Waals surface area contributed by atoms with E-state index < -0.39 is 12.0 Å². The fourth-order valence-electron chi connectivity index (χ4n) is 1.26. The van der Waals surface area contributed by atoms with Crippen LogP contribution in [0.3, 0.4) is 0 Å². The van der Waals surface area contributed by atoms with E-state index in [1.165, 1.54) is 0 Å². The molecule has 1 atom stereocenters. The zero-order valence-electron chi connectivity index (χ0n) is 7.46. The quantitative estimate of drug-likeness (QED) is 0.639. The minimum absolute atomic E-state index is 0.0855. The van der Waals surface area contributed by atoms with Crippen molar-refractivity contribution in [2.24, 2.45) is 0 Å². The van der Waals surface area contributed by atoms with Gasteiger partial charge in [0.1, 0.15) is 6.04 Å². The molecule has 12 heavy (non-hydrogen) atoms. The Morgan fingerprint density at radius 2 is 2.33 bits per heavy atom. The highest BCUT2D eigenvalue weighted by molar-refractivity contribution is 5.73. The van der Waals surface area contributed by atoms with Crippen LogP contribution in [-0.2, 0) is 9.53 Å². The fraction of sp³-hybridized carbons (Fsp3) is 0.875. The molecule has 70 valence electrons. The minimum atomic E-state index is -0.810. The molecular weight excluding hydrogens is 158 g/mol. The Labute approximate surface area is 71.9 Å². The molecule has 0 amide bonds. The maximum Gasteiger partial charge on any atom is 0.320 e. The summed E-state index contributed by atoms with van der Waals surface area (Å²) in [6.45, 7) is 4.93. The molecule has 0 aromatic heterocycles. The van der Waals surface area contributed by atoms with Crippen LogP contribution in [0.1, 0.15) is 20.3 Å². The van der Waals surface area contributed by atoms with E-state index in [0.717, 1.165) is 6.42 Å². The highest BCUT2D eigenvalue weighted by Crippen LogP contribution is 2.21. The van der Waals surface area contributed by atoms with Crippen molar-refractivity contribution < 1.29 is 14.6 Å². The molecule has 0 unspecified atom stereocenters. The van der Waals surface area contributed by atoms with E-state index >= 15 is 0 Å². The lowest BCUT2D eigenvalue weighted by Crippen LogP contribution is -2.63. The molecule has 1 aliphatic rings. The first-order chi connectivity index (χ1) is 5.59. The van der Waals surface area contributed by atoms with Crippen LogP contribution in [0.4, 0.5) is 0 Å². The zero-order chi connectivity index (χ0) is 9.19. The van der Waals surface area contributed by atoms with Crippen molar-refractivity contribution in [3.8, 4) is 0 Å². The predicted octanol–water partition coefficient (Wildman–Crippen LogP) is 0.228. The van der Waals surface area contributed by atoms with Crippen LogP contribution in [0, 0.1) is 0 Å². The molecule has 1 rings (SSSR count). The first-order valence-corrected chi connectivity index (χ1v) is 4.18. The second-order valence-electron chi connectivity index (χ2n) is 3.33. The number of ether oxygens (including phenoxy) is 1. The van der Waals surface area contributed by atoms with E-state index in [1.54, 1.807) is 6.92 Å². The van der Waals surface area contributed by atoms with Crippen LogP contribution >= 0.6 is 0 Å². The average molecular weight is 173 g/mol. The maximum absolute atomic E-state index is 10.5. The summed E-state index contributed by atoms with van der Waals surface area (Å²) in [4.78, 5) is 10.5. The van der Waals surface area contributed by atoms with Gasteiger partial charge in [-0.2, -0.15) is 0 Å². The lowest BCUT2D eigenvalue weighted by atomic mass is 9.93. The Kier molecular flexibility index (Phi) is 2.69. The van der Waals surface area contributed by atoms with Crippen molar-refractivity contribution in [1.82, 2.24) is 5.32 Å². The molecule has 0 aromatic carbocycles. The number of aliphatic carboxylic acids is 1. The maximum atomic E-state index is 10.5. The lowest BCUT2D eigenvalue weighted by Gasteiger charge is -2.42. The first kappa shape index (κ1) is 9.48. The molecule has 0 aliphatic carbocycles. The van der Waals surface area contributed by atoms with Gasteiger partial charge in [0, 0.05) is 0 Å². The fourth-order valence-corrected chi connectivity index (χ4v) is 1.26. The van der Waals surface area contributed by atoms with Gasteiger partial charge in [-0.25, -0.2) is 0 Å².